The van der Waals surface area contributed by atoms with E-state index in [1.54, 1.807) is 0 Å². The van der Waals surface area contributed by atoms with Crippen LogP contribution in [-0.4, -0.2) is 38.3 Å². The summed E-state index contributed by atoms with van der Waals surface area (Å²) in [6, 6.07) is 7.64. The molecule has 2 aromatic rings. The van der Waals surface area contributed by atoms with E-state index in [1.807, 2.05) is 0 Å². The molecular formula is C18H18N2O7. The van der Waals surface area contributed by atoms with Crippen molar-refractivity contribution in [3.8, 4) is 11.5 Å². The smallest absolute Gasteiger partial charge is 0.337 e. The Bertz CT molecular complexity index is 891. The fraction of sp³-hybridized carbons (Fsp3) is 0.167. The number of nitrogen functional groups attached to an aromatic ring is 1. The van der Waals surface area contributed by atoms with Crippen molar-refractivity contribution in [2.24, 2.45) is 5.92 Å². The Morgan fingerprint density at radius 2 is 1.41 bits per heavy atom. The number of rotatable bonds is 4. The summed E-state index contributed by atoms with van der Waals surface area (Å²) >= 11 is 0. The highest BCUT2D eigenvalue weighted by Crippen LogP contribution is 2.31. The molecule has 3 rings (SSSR count). The van der Waals surface area contributed by atoms with Crippen LogP contribution in [0, 0.1) is 5.92 Å². The largest absolute Gasteiger partial charge is 0.508 e. The molecule has 1 aliphatic rings. The molecule has 0 bridgehead atoms. The molecule has 2 aromatic carbocycles. The number of hydrogen-bond donors (Lipinski definition) is 6. The number of phenols is 2. The van der Waals surface area contributed by atoms with Gasteiger partial charge in [0.2, 0.25) is 5.91 Å². The van der Waals surface area contributed by atoms with Gasteiger partial charge in [0, 0.05) is 11.6 Å². The molecule has 9 heteroatoms. The van der Waals surface area contributed by atoms with E-state index in [0.29, 0.717) is 0 Å². The number of carbonyl (C=O) groups excluding carboxylic acids is 1. The Labute approximate surface area is 153 Å². The fourth-order valence-electron chi connectivity index (χ4n) is 2.13. The number of phenolic OH excluding ortho intramolecular Hbond substituents is 2. The Hall–Kier alpha value is -3.75. The van der Waals surface area contributed by atoms with Crippen LogP contribution in [0.5, 0.6) is 11.5 Å². The van der Waals surface area contributed by atoms with Gasteiger partial charge in [-0.3, -0.25) is 4.79 Å². The number of aromatic carboxylic acids is 2. The third-order valence-electron chi connectivity index (χ3n) is 3.71. The molecule has 1 amide bonds. The number of aromatic hydroxyl groups is 2. The minimum atomic E-state index is -1.18. The van der Waals surface area contributed by atoms with E-state index >= 15 is 0 Å². The monoisotopic (exact) mass is 374 g/mol. The second-order valence-electron chi connectivity index (χ2n) is 5.88. The summed E-state index contributed by atoms with van der Waals surface area (Å²) in [7, 11) is 0. The van der Waals surface area contributed by atoms with Gasteiger partial charge in [0.05, 0.1) is 16.8 Å². The number of carboxylic acids is 2. The lowest BCUT2D eigenvalue weighted by atomic mass is 10.1. The van der Waals surface area contributed by atoms with Crippen LogP contribution < -0.4 is 11.1 Å². The van der Waals surface area contributed by atoms with Gasteiger partial charge in [-0.05, 0) is 49.2 Å². The van der Waals surface area contributed by atoms with Crippen LogP contribution in [0.4, 0.5) is 11.4 Å². The molecule has 0 unspecified atom stereocenters. The van der Waals surface area contributed by atoms with Gasteiger partial charge in [0.15, 0.2) is 0 Å². The quantitative estimate of drug-likeness (QED) is 0.349. The molecule has 9 nitrogen and oxygen atoms in total. The first-order valence-corrected chi connectivity index (χ1v) is 7.88. The fourth-order valence-corrected chi connectivity index (χ4v) is 2.13. The highest BCUT2D eigenvalue weighted by molar-refractivity contribution is 6.02. The third kappa shape index (κ3) is 5.36. The van der Waals surface area contributed by atoms with Crippen LogP contribution in [0.1, 0.15) is 33.6 Å². The number of carbonyl (C=O) groups is 3. The van der Waals surface area contributed by atoms with Crippen LogP contribution in [-0.2, 0) is 4.79 Å². The summed E-state index contributed by atoms with van der Waals surface area (Å²) in [4.78, 5) is 32.7. The summed E-state index contributed by atoms with van der Waals surface area (Å²) in [5, 5.41) is 38.0. The number of benzene rings is 2. The maximum Gasteiger partial charge on any atom is 0.337 e. The molecule has 1 fully saturated rings. The van der Waals surface area contributed by atoms with Gasteiger partial charge in [-0.25, -0.2) is 9.59 Å². The highest BCUT2D eigenvalue weighted by Gasteiger charge is 2.30. The highest BCUT2D eigenvalue weighted by atomic mass is 16.4. The Morgan fingerprint density at radius 1 is 0.889 bits per heavy atom. The van der Waals surface area contributed by atoms with Gasteiger partial charge in [0.1, 0.15) is 11.5 Å². The van der Waals surface area contributed by atoms with Crippen LogP contribution >= 0.6 is 0 Å². The van der Waals surface area contributed by atoms with Crippen molar-refractivity contribution in [3.63, 3.8) is 0 Å². The Morgan fingerprint density at radius 3 is 1.89 bits per heavy atom. The first-order valence-electron chi connectivity index (χ1n) is 7.88. The van der Waals surface area contributed by atoms with Gasteiger partial charge in [-0.1, -0.05) is 0 Å². The lowest BCUT2D eigenvalue weighted by molar-refractivity contribution is -0.117. The lowest BCUT2D eigenvalue weighted by Crippen LogP contribution is -2.15. The van der Waals surface area contributed by atoms with Gasteiger partial charge in [-0.15, -0.1) is 0 Å². The number of nitrogens with two attached hydrogens (primary N) is 1. The Balaban J connectivity index is 0.000000208. The second-order valence-corrected chi connectivity index (χ2v) is 5.88. The average Bonchev–Trinajstić information content (AvgIpc) is 3.44. The summed E-state index contributed by atoms with van der Waals surface area (Å²) in [5.74, 6) is -2.71. The molecule has 0 atom stereocenters. The second kappa shape index (κ2) is 8.09. The van der Waals surface area contributed by atoms with Crippen LogP contribution in [0.25, 0.3) is 0 Å². The summed E-state index contributed by atoms with van der Waals surface area (Å²) < 4.78 is 0. The van der Waals surface area contributed by atoms with Gasteiger partial charge >= 0.3 is 11.9 Å². The standard InChI is InChI=1S/C11H11NO4.C7H7NO3/c13-7-3-4-9(8(5-7)11(15)16)12-10(14)6-1-2-6;8-6-2-1-4(9)3-5(6)7(10)11/h3-6,13H,1-2H2,(H,12,14)(H,15,16);1-3,9H,8H2,(H,10,11). The summed E-state index contributed by atoms with van der Waals surface area (Å²) in [6.45, 7) is 0. The van der Waals surface area contributed by atoms with Gasteiger partial charge in [0.25, 0.3) is 0 Å². The van der Waals surface area contributed by atoms with E-state index in [-0.39, 0.29) is 45.8 Å². The molecule has 0 heterocycles. The van der Waals surface area contributed by atoms with Gasteiger partial charge in [-0.2, -0.15) is 0 Å². The van der Waals surface area contributed by atoms with Crippen molar-refractivity contribution in [2.45, 2.75) is 12.8 Å². The minimum Gasteiger partial charge on any atom is -0.508 e. The predicted molar refractivity (Wildman–Crippen MR) is 95.9 cm³/mol. The van der Waals surface area contributed by atoms with Crippen LogP contribution in [0.15, 0.2) is 36.4 Å². The number of nitrogens with one attached hydrogen (secondary N) is 1. The van der Waals surface area contributed by atoms with E-state index in [4.69, 9.17) is 26.2 Å². The summed E-state index contributed by atoms with van der Waals surface area (Å²) in [6.07, 6.45) is 1.71. The molecule has 0 spiro atoms. The molecule has 1 aliphatic carbocycles. The molecule has 0 aromatic heterocycles. The molecule has 1 saturated carbocycles. The first kappa shape index (κ1) is 19.6. The first-order chi connectivity index (χ1) is 12.7. The minimum absolute atomic E-state index is 0.00967. The van der Waals surface area contributed by atoms with E-state index in [2.05, 4.69) is 5.32 Å². The van der Waals surface area contributed by atoms with Crippen molar-refractivity contribution in [1.29, 1.82) is 0 Å². The Kier molecular flexibility index (Phi) is 5.86. The molecule has 0 saturated heterocycles. The van der Waals surface area contributed by atoms with Crippen molar-refractivity contribution in [1.82, 2.24) is 0 Å². The number of amides is 1. The van der Waals surface area contributed by atoms with Crippen LogP contribution in [0.3, 0.4) is 0 Å². The summed E-state index contributed by atoms with van der Waals surface area (Å²) in [5.41, 5.74) is 5.49. The SMILES string of the molecule is Nc1ccc(O)cc1C(=O)O.O=C(O)c1cc(O)ccc1NC(=O)C1CC1. The number of hydrogen-bond acceptors (Lipinski definition) is 6. The molecule has 0 aliphatic heterocycles. The number of anilines is 2. The van der Waals surface area contributed by atoms with Crippen molar-refractivity contribution < 1.29 is 34.8 Å². The molecule has 142 valence electrons. The molecule has 7 N–H and O–H groups in total. The van der Waals surface area contributed by atoms with Crippen LogP contribution in [0.2, 0.25) is 0 Å². The molecular weight excluding hydrogens is 356 g/mol. The van der Waals surface area contributed by atoms with Crippen molar-refractivity contribution >= 4 is 29.2 Å². The zero-order valence-electron chi connectivity index (χ0n) is 14.0. The zero-order valence-corrected chi connectivity index (χ0v) is 14.0. The van der Waals surface area contributed by atoms with Gasteiger partial charge < -0.3 is 31.5 Å². The lowest BCUT2D eigenvalue weighted by Gasteiger charge is -2.08. The van der Waals surface area contributed by atoms with E-state index in [0.717, 1.165) is 25.0 Å². The topological polar surface area (TPSA) is 170 Å². The predicted octanol–water partition coefficient (Wildman–Crippen LogP) is 2.11. The molecule has 27 heavy (non-hydrogen) atoms. The van der Waals surface area contributed by atoms with E-state index in [9.17, 15) is 14.4 Å². The van der Waals surface area contributed by atoms with E-state index in [1.165, 1.54) is 24.3 Å². The normalized spacial score (nSPS) is 12.4. The average molecular weight is 374 g/mol. The number of carboxylic acid groups (broad SMARTS) is 2. The molecule has 0 radical (unpaired) electrons. The third-order valence-corrected chi connectivity index (χ3v) is 3.71. The maximum absolute atomic E-state index is 11.5. The van der Waals surface area contributed by atoms with Crippen molar-refractivity contribution in [2.75, 3.05) is 11.1 Å². The van der Waals surface area contributed by atoms with Crippen molar-refractivity contribution in [3.05, 3.63) is 47.5 Å². The zero-order chi connectivity index (χ0) is 20.1. The maximum atomic E-state index is 11.5. The van der Waals surface area contributed by atoms with E-state index < -0.39 is 11.9 Å².